The van der Waals surface area contributed by atoms with Crippen molar-refractivity contribution in [3.63, 3.8) is 0 Å². The molecular weight excluding hydrogens is 262 g/mol. The van der Waals surface area contributed by atoms with Crippen LogP contribution >= 0.6 is 0 Å². The highest BCUT2D eigenvalue weighted by Gasteiger charge is 2.45. The van der Waals surface area contributed by atoms with E-state index in [1.54, 1.807) is 0 Å². The first-order valence-corrected chi connectivity index (χ1v) is 8.91. The zero-order valence-electron chi connectivity index (χ0n) is 12.1. The molecule has 0 amide bonds. The van der Waals surface area contributed by atoms with Gasteiger partial charge in [-0.15, -0.1) is 0 Å². The average molecular weight is 287 g/mol. The van der Waals surface area contributed by atoms with Gasteiger partial charge in [0.1, 0.15) is 15.4 Å². The van der Waals surface area contributed by atoms with E-state index < -0.39 is 15.4 Å². The predicted molar refractivity (Wildman–Crippen MR) is 76.6 cm³/mol. The minimum Gasteiger partial charge on any atom is -0.302 e. The fourth-order valence-corrected chi connectivity index (χ4v) is 2.89. The SMILES string of the molecule is CCCNC(C#N)(CN(C)CCS(C)(=O)=O)C1CC1. The van der Waals surface area contributed by atoms with Crippen LogP contribution in [0.5, 0.6) is 0 Å². The monoisotopic (exact) mass is 287 g/mol. The molecule has 0 heterocycles. The molecule has 1 fully saturated rings. The fraction of sp³-hybridized carbons (Fsp3) is 0.923. The topological polar surface area (TPSA) is 73.2 Å². The van der Waals surface area contributed by atoms with Crippen LogP contribution in [-0.4, -0.2) is 57.5 Å². The van der Waals surface area contributed by atoms with Crippen molar-refractivity contribution in [1.29, 1.82) is 5.26 Å². The smallest absolute Gasteiger partial charge is 0.148 e. The molecule has 1 aliphatic rings. The highest BCUT2D eigenvalue weighted by atomic mass is 32.2. The van der Waals surface area contributed by atoms with Crippen LogP contribution in [-0.2, 0) is 9.84 Å². The van der Waals surface area contributed by atoms with E-state index in [2.05, 4.69) is 18.3 Å². The van der Waals surface area contributed by atoms with Crippen molar-refractivity contribution in [2.24, 2.45) is 5.92 Å². The minimum absolute atomic E-state index is 0.142. The molecule has 19 heavy (non-hydrogen) atoms. The van der Waals surface area contributed by atoms with Gasteiger partial charge in [-0.1, -0.05) is 6.92 Å². The van der Waals surface area contributed by atoms with Gasteiger partial charge in [0.15, 0.2) is 0 Å². The molecule has 0 radical (unpaired) electrons. The fourth-order valence-electron chi connectivity index (χ4n) is 2.25. The summed E-state index contributed by atoms with van der Waals surface area (Å²) in [5.41, 5.74) is -0.512. The first-order valence-electron chi connectivity index (χ1n) is 6.85. The second-order valence-electron chi connectivity index (χ2n) is 5.65. The van der Waals surface area contributed by atoms with E-state index in [0.29, 0.717) is 19.0 Å². The Balaban J connectivity index is 2.59. The Kier molecular flexibility index (Phi) is 5.78. The van der Waals surface area contributed by atoms with Gasteiger partial charge in [-0.25, -0.2) is 8.42 Å². The Bertz CT molecular complexity index is 426. The molecule has 1 unspecified atom stereocenters. The molecule has 0 aromatic carbocycles. The van der Waals surface area contributed by atoms with E-state index in [1.807, 2.05) is 11.9 Å². The van der Waals surface area contributed by atoms with Crippen LogP contribution in [0.3, 0.4) is 0 Å². The van der Waals surface area contributed by atoms with Crippen molar-refractivity contribution < 1.29 is 8.42 Å². The second-order valence-corrected chi connectivity index (χ2v) is 7.91. The van der Waals surface area contributed by atoms with Crippen molar-refractivity contribution in [1.82, 2.24) is 10.2 Å². The Morgan fingerprint density at radius 3 is 2.53 bits per heavy atom. The molecule has 0 spiro atoms. The molecule has 1 rings (SSSR count). The lowest BCUT2D eigenvalue weighted by atomic mass is 9.94. The molecule has 1 atom stereocenters. The Labute approximate surface area is 116 Å². The second kappa shape index (κ2) is 6.69. The maximum atomic E-state index is 11.2. The summed E-state index contributed by atoms with van der Waals surface area (Å²) in [5.74, 6) is 0.549. The maximum Gasteiger partial charge on any atom is 0.148 e. The Morgan fingerprint density at radius 2 is 2.11 bits per heavy atom. The summed E-state index contributed by atoms with van der Waals surface area (Å²) in [5, 5.41) is 12.9. The standard InChI is InChI=1S/C13H25N3O2S/c1-4-7-15-13(10-14,12-5-6-12)11-16(2)8-9-19(3,17)18/h12,15H,4-9,11H2,1-3H3. The zero-order valence-corrected chi connectivity index (χ0v) is 13.0. The van der Waals surface area contributed by atoms with Gasteiger partial charge in [0.25, 0.3) is 0 Å². The lowest BCUT2D eigenvalue weighted by molar-refractivity contribution is 0.236. The van der Waals surface area contributed by atoms with Crippen LogP contribution in [0.25, 0.3) is 0 Å². The van der Waals surface area contributed by atoms with Crippen LogP contribution in [0.4, 0.5) is 0 Å². The van der Waals surface area contributed by atoms with Gasteiger partial charge < -0.3 is 4.90 Å². The van der Waals surface area contributed by atoms with Gasteiger partial charge in [0, 0.05) is 19.3 Å². The van der Waals surface area contributed by atoms with Crippen LogP contribution < -0.4 is 5.32 Å². The number of rotatable bonds is 9. The number of nitrogens with one attached hydrogen (secondary N) is 1. The van der Waals surface area contributed by atoms with Crippen molar-refractivity contribution in [3.8, 4) is 6.07 Å². The number of nitriles is 1. The van der Waals surface area contributed by atoms with Crippen LogP contribution in [0, 0.1) is 17.2 Å². The van der Waals surface area contributed by atoms with Crippen molar-refractivity contribution >= 4 is 9.84 Å². The highest BCUT2D eigenvalue weighted by molar-refractivity contribution is 7.90. The lowest BCUT2D eigenvalue weighted by Gasteiger charge is -2.32. The van der Waals surface area contributed by atoms with Crippen LogP contribution in [0.15, 0.2) is 0 Å². The molecule has 0 aromatic heterocycles. The predicted octanol–water partition coefficient (Wildman–Crippen LogP) is 0.635. The van der Waals surface area contributed by atoms with Gasteiger partial charge in [-0.05, 0) is 38.8 Å². The summed E-state index contributed by atoms with van der Waals surface area (Å²) >= 11 is 0. The van der Waals surface area contributed by atoms with E-state index >= 15 is 0 Å². The summed E-state index contributed by atoms with van der Waals surface area (Å²) in [6, 6.07) is 2.44. The van der Waals surface area contributed by atoms with E-state index in [9.17, 15) is 13.7 Å². The molecule has 1 saturated carbocycles. The molecule has 110 valence electrons. The molecule has 0 bridgehead atoms. The molecular formula is C13H25N3O2S. The number of hydrogen-bond donors (Lipinski definition) is 1. The molecule has 6 heteroatoms. The molecule has 0 saturated heterocycles. The van der Waals surface area contributed by atoms with E-state index in [0.717, 1.165) is 25.8 Å². The van der Waals surface area contributed by atoms with Gasteiger partial charge in [-0.3, -0.25) is 5.32 Å². The summed E-state index contributed by atoms with van der Waals surface area (Å²) in [4.78, 5) is 1.95. The highest BCUT2D eigenvalue weighted by Crippen LogP contribution is 2.39. The molecule has 1 N–H and O–H groups in total. The quantitative estimate of drug-likeness (QED) is 0.673. The summed E-state index contributed by atoms with van der Waals surface area (Å²) in [6.07, 6.45) is 4.41. The molecule has 1 aliphatic carbocycles. The van der Waals surface area contributed by atoms with Crippen LogP contribution in [0.2, 0.25) is 0 Å². The minimum atomic E-state index is -2.95. The number of nitrogens with zero attached hydrogens (tertiary/aromatic N) is 2. The molecule has 0 aliphatic heterocycles. The Morgan fingerprint density at radius 1 is 1.47 bits per heavy atom. The zero-order chi connectivity index (χ0) is 14.5. The largest absolute Gasteiger partial charge is 0.302 e. The van der Waals surface area contributed by atoms with Gasteiger partial charge in [-0.2, -0.15) is 5.26 Å². The third-order valence-corrected chi connectivity index (χ3v) is 4.45. The lowest BCUT2D eigenvalue weighted by Crippen LogP contribution is -2.54. The maximum absolute atomic E-state index is 11.2. The summed E-state index contributed by atoms with van der Waals surface area (Å²) in [7, 11) is -1.07. The summed E-state index contributed by atoms with van der Waals surface area (Å²) < 4.78 is 22.4. The van der Waals surface area contributed by atoms with E-state index in [1.165, 1.54) is 6.26 Å². The number of sulfone groups is 1. The van der Waals surface area contributed by atoms with Crippen LogP contribution in [0.1, 0.15) is 26.2 Å². The van der Waals surface area contributed by atoms with Gasteiger partial charge in [0.2, 0.25) is 0 Å². The van der Waals surface area contributed by atoms with E-state index in [-0.39, 0.29) is 5.75 Å². The Hall–Kier alpha value is -0.640. The van der Waals surface area contributed by atoms with Crippen molar-refractivity contribution in [3.05, 3.63) is 0 Å². The third kappa shape index (κ3) is 5.47. The van der Waals surface area contributed by atoms with Gasteiger partial charge in [0.05, 0.1) is 11.8 Å². The third-order valence-electron chi connectivity index (χ3n) is 3.53. The molecule has 5 nitrogen and oxygen atoms in total. The number of likely N-dealkylation sites (N-methyl/N-ethyl adjacent to an activating group) is 1. The summed E-state index contributed by atoms with van der Waals surface area (Å²) in [6.45, 7) is 3.96. The van der Waals surface area contributed by atoms with E-state index in [4.69, 9.17) is 0 Å². The van der Waals surface area contributed by atoms with Gasteiger partial charge >= 0.3 is 0 Å². The normalized spacial score (nSPS) is 19.1. The number of hydrogen-bond acceptors (Lipinski definition) is 5. The van der Waals surface area contributed by atoms with Crippen molar-refractivity contribution in [2.75, 3.05) is 38.7 Å². The van der Waals surface area contributed by atoms with Crippen molar-refractivity contribution in [2.45, 2.75) is 31.7 Å². The first-order chi connectivity index (χ1) is 8.83. The average Bonchev–Trinajstić information content (AvgIpc) is 3.15. The first kappa shape index (κ1) is 16.4. The molecule has 0 aromatic rings.